The van der Waals surface area contributed by atoms with Crippen molar-refractivity contribution in [3.8, 4) is 0 Å². The highest BCUT2D eigenvalue weighted by molar-refractivity contribution is 7.91. The molecule has 0 spiro atoms. The first-order valence-corrected chi connectivity index (χ1v) is 10.6. The van der Waals surface area contributed by atoms with Gasteiger partial charge >= 0.3 is 12.2 Å². The molecule has 0 bridgehead atoms. The molecule has 3 rings (SSSR count). The topological polar surface area (TPSA) is 75.7 Å². The van der Waals surface area contributed by atoms with Crippen molar-refractivity contribution in [1.82, 2.24) is 4.90 Å². The molecule has 0 aliphatic carbocycles. The third kappa shape index (κ3) is 4.93. The van der Waals surface area contributed by atoms with Gasteiger partial charge in [-0.3, -0.25) is 0 Å². The molecule has 28 heavy (non-hydrogen) atoms. The van der Waals surface area contributed by atoms with E-state index >= 15 is 0 Å². The fourth-order valence-electron chi connectivity index (χ4n) is 3.41. The van der Waals surface area contributed by atoms with Crippen LogP contribution in [0.15, 0.2) is 18.2 Å². The van der Waals surface area contributed by atoms with E-state index in [1.165, 1.54) is 4.90 Å². The van der Waals surface area contributed by atoms with Gasteiger partial charge in [-0.05, 0) is 37.5 Å². The van der Waals surface area contributed by atoms with Crippen LogP contribution in [-0.2, 0) is 20.8 Å². The Hall–Kier alpha value is -1.88. The number of hydrogen-bond donors (Lipinski definition) is 1. The summed E-state index contributed by atoms with van der Waals surface area (Å²) in [6, 6.07) is 0.239. The molecule has 2 saturated heterocycles. The zero-order valence-electron chi connectivity index (χ0n) is 14.8. The average molecular weight is 424 g/mol. The first-order chi connectivity index (χ1) is 13.0. The zero-order chi connectivity index (χ0) is 20.5. The quantitative estimate of drug-likeness (QED) is 0.754. The van der Waals surface area contributed by atoms with E-state index < -0.39 is 45.2 Å². The van der Waals surface area contributed by atoms with Crippen LogP contribution < -0.4 is 5.32 Å². The van der Waals surface area contributed by atoms with E-state index in [1.54, 1.807) is 0 Å². The maximum absolute atomic E-state index is 14.0. The molecular weight excluding hydrogens is 404 g/mol. The number of ether oxygens (including phenoxy) is 1. The maximum atomic E-state index is 14.0. The molecule has 156 valence electrons. The van der Waals surface area contributed by atoms with Crippen molar-refractivity contribution in [2.24, 2.45) is 0 Å². The molecule has 1 aromatic carbocycles. The highest BCUT2D eigenvalue weighted by atomic mass is 32.2. The molecule has 0 aromatic heterocycles. The van der Waals surface area contributed by atoms with Gasteiger partial charge in [0.05, 0.1) is 28.9 Å². The number of halogens is 4. The van der Waals surface area contributed by atoms with E-state index in [2.05, 4.69) is 5.32 Å². The minimum absolute atomic E-state index is 0.0785. The Bertz CT molecular complexity index is 838. The number of nitrogens with zero attached hydrogens (tertiary/aromatic N) is 1. The lowest BCUT2D eigenvalue weighted by Crippen LogP contribution is -2.47. The van der Waals surface area contributed by atoms with Gasteiger partial charge in [0.15, 0.2) is 9.84 Å². The van der Waals surface area contributed by atoms with Crippen LogP contribution in [0.1, 0.15) is 24.8 Å². The van der Waals surface area contributed by atoms with E-state index in [9.17, 15) is 30.8 Å². The van der Waals surface area contributed by atoms with Crippen molar-refractivity contribution in [2.45, 2.75) is 37.6 Å². The molecule has 2 aliphatic rings. The lowest BCUT2D eigenvalue weighted by atomic mass is 10.1. The Kier molecular flexibility index (Phi) is 5.85. The fourth-order valence-corrected chi connectivity index (χ4v) is 5.14. The predicted molar refractivity (Wildman–Crippen MR) is 93.2 cm³/mol. The zero-order valence-corrected chi connectivity index (χ0v) is 15.7. The Balaban J connectivity index is 1.81. The van der Waals surface area contributed by atoms with Gasteiger partial charge < -0.3 is 15.0 Å². The summed E-state index contributed by atoms with van der Waals surface area (Å²) >= 11 is 0. The summed E-state index contributed by atoms with van der Waals surface area (Å²) < 4.78 is 81.7. The number of anilines is 1. The van der Waals surface area contributed by atoms with Gasteiger partial charge in [0.2, 0.25) is 0 Å². The van der Waals surface area contributed by atoms with E-state index in [0.717, 1.165) is 6.42 Å². The summed E-state index contributed by atoms with van der Waals surface area (Å²) in [6.45, 7) is 0.609. The predicted octanol–water partition coefficient (Wildman–Crippen LogP) is 3.04. The van der Waals surface area contributed by atoms with Crippen molar-refractivity contribution < 1.29 is 35.5 Å². The fraction of sp³-hybridized carbons (Fsp3) is 0.588. The Morgan fingerprint density at radius 2 is 2.04 bits per heavy atom. The standard InChI is InChI=1S/C17H20F4N2O4S/c18-14-4-3-11(17(19,20)21)8-15(14)22-16(24)23(9-13-2-1-6-27-13)12-5-7-28(25,26)10-12/h3-4,8,12-13H,1-2,5-7,9-10H2,(H,22,24)/t12-,13-/m1/s1. The van der Waals surface area contributed by atoms with Crippen LogP contribution in [-0.4, -0.2) is 56.2 Å². The number of urea groups is 1. The van der Waals surface area contributed by atoms with Crippen LogP contribution in [0.25, 0.3) is 0 Å². The molecule has 1 N–H and O–H groups in total. The van der Waals surface area contributed by atoms with E-state index in [1.807, 2.05) is 0 Å². The Morgan fingerprint density at radius 1 is 1.29 bits per heavy atom. The second kappa shape index (κ2) is 7.86. The van der Waals surface area contributed by atoms with Gasteiger partial charge in [-0.25, -0.2) is 17.6 Å². The number of hydrogen-bond acceptors (Lipinski definition) is 4. The molecule has 2 fully saturated rings. The van der Waals surface area contributed by atoms with Crippen molar-refractivity contribution >= 4 is 21.6 Å². The number of sulfone groups is 1. The number of alkyl halides is 3. The van der Waals surface area contributed by atoms with Crippen molar-refractivity contribution in [2.75, 3.05) is 30.0 Å². The molecule has 2 heterocycles. The molecule has 0 saturated carbocycles. The second-order valence-electron chi connectivity index (χ2n) is 6.97. The largest absolute Gasteiger partial charge is 0.416 e. The van der Waals surface area contributed by atoms with Gasteiger partial charge in [0.1, 0.15) is 5.82 Å². The summed E-state index contributed by atoms with van der Waals surface area (Å²) in [7, 11) is -3.30. The highest BCUT2D eigenvalue weighted by Gasteiger charge is 2.37. The van der Waals surface area contributed by atoms with Crippen LogP contribution in [0.4, 0.5) is 28.0 Å². The number of carbonyl (C=O) groups is 1. The second-order valence-corrected chi connectivity index (χ2v) is 9.20. The Morgan fingerprint density at radius 3 is 2.61 bits per heavy atom. The summed E-state index contributed by atoms with van der Waals surface area (Å²) in [4.78, 5) is 14.0. The van der Waals surface area contributed by atoms with Crippen LogP contribution in [0.2, 0.25) is 0 Å². The van der Waals surface area contributed by atoms with E-state index in [0.29, 0.717) is 31.2 Å². The van der Waals surface area contributed by atoms with Gasteiger partial charge in [0.25, 0.3) is 0 Å². The molecule has 1 aromatic rings. The minimum atomic E-state index is -4.69. The summed E-state index contributed by atoms with van der Waals surface area (Å²) in [5, 5.41) is 2.16. The van der Waals surface area contributed by atoms with Gasteiger partial charge in [-0.1, -0.05) is 0 Å². The van der Waals surface area contributed by atoms with Crippen molar-refractivity contribution in [3.63, 3.8) is 0 Å². The SMILES string of the molecule is O=C(Nc1cc(C(F)(F)F)ccc1F)N(C[C@H]1CCCO1)[C@@H]1CCS(=O)(=O)C1. The van der Waals surface area contributed by atoms with Crippen molar-refractivity contribution in [3.05, 3.63) is 29.6 Å². The number of amides is 2. The lowest BCUT2D eigenvalue weighted by Gasteiger charge is -2.30. The summed E-state index contributed by atoms with van der Waals surface area (Å²) in [5.41, 5.74) is -1.71. The Labute approximate surface area is 159 Å². The first kappa shape index (κ1) is 20.8. The van der Waals surface area contributed by atoms with Crippen LogP contribution in [0, 0.1) is 5.82 Å². The molecule has 2 atom stereocenters. The highest BCUT2D eigenvalue weighted by Crippen LogP contribution is 2.32. The van der Waals surface area contributed by atoms with Crippen LogP contribution in [0.3, 0.4) is 0 Å². The van der Waals surface area contributed by atoms with Crippen LogP contribution >= 0.6 is 0 Å². The molecule has 0 radical (unpaired) electrons. The molecule has 11 heteroatoms. The van der Waals surface area contributed by atoms with Gasteiger partial charge in [-0.2, -0.15) is 13.2 Å². The number of carbonyl (C=O) groups excluding carboxylic acids is 1. The maximum Gasteiger partial charge on any atom is 0.416 e. The normalized spacial score (nSPS) is 24.3. The molecule has 6 nitrogen and oxygen atoms in total. The average Bonchev–Trinajstić information content (AvgIpc) is 3.22. The first-order valence-electron chi connectivity index (χ1n) is 8.81. The third-order valence-corrected chi connectivity index (χ3v) is 6.62. The number of benzene rings is 1. The lowest BCUT2D eigenvalue weighted by molar-refractivity contribution is -0.137. The van der Waals surface area contributed by atoms with Gasteiger partial charge in [0, 0.05) is 19.2 Å². The molecule has 2 aliphatic heterocycles. The van der Waals surface area contributed by atoms with E-state index in [4.69, 9.17) is 4.74 Å². The monoisotopic (exact) mass is 424 g/mol. The third-order valence-electron chi connectivity index (χ3n) is 4.87. The minimum Gasteiger partial charge on any atom is -0.376 e. The summed E-state index contributed by atoms with van der Waals surface area (Å²) in [5.74, 6) is -1.33. The molecule has 0 unspecified atom stereocenters. The molecular formula is C17H20F4N2O4S. The van der Waals surface area contributed by atoms with Gasteiger partial charge in [-0.15, -0.1) is 0 Å². The number of rotatable bonds is 4. The van der Waals surface area contributed by atoms with E-state index in [-0.39, 0.29) is 30.6 Å². The molecule has 2 amide bonds. The number of nitrogens with one attached hydrogen (secondary N) is 1. The van der Waals surface area contributed by atoms with Crippen molar-refractivity contribution in [1.29, 1.82) is 0 Å². The van der Waals surface area contributed by atoms with Crippen LogP contribution in [0.5, 0.6) is 0 Å². The summed E-state index contributed by atoms with van der Waals surface area (Å²) in [6.07, 6.45) is -3.29. The smallest absolute Gasteiger partial charge is 0.376 e.